The van der Waals surface area contributed by atoms with Crippen LogP contribution in [0.5, 0.6) is 0 Å². The molecule has 2 heteroatoms. The van der Waals surface area contributed by atoms with Crippen molar-refractivity contribution >= 4 is 5.97 Å². The SMILES string of the molecule is O=C(O)CCC1=CCCCC=C1. The number of carbonyl (C=O) groups is 1. The van der Waals surface area contributed by atoms with Crippen LogP contribution in [0.25, 0.3) is 0 Å². The summed E-state index contributed by atoms with van der Waals surface area (Å²) in [5, 5.41) is 8.46. The van der Waals surface area contributed by atoms with Gasteiger partial charge in [0.05, 0.1) is 0 Å². The molecule has 66 valence electrons. The van der Waals surface area contributed by atoms with Gasteiger partial charge in [0, 0.05) is 6.42 Å². The smallest absolute Gasteiger partial charge is 0.303 e. The molecule has 0 amide bonds. The number of carboxylic acid groups (broad SMARTS) is 1. The van der Waals surface area contributed by atoms with Crippen LogP contribution >= 0.6 is 0 Å². The molecule has 0 heterocycles. The molecule has 1 rings (SSSR count). The summed E-state index contributed by atoms with van der Waals surface area (Å²) in [4.78, 5) is 10.3. The largest absolute Gasteiger partial charge is 0.481 e. The van der Waals surface area contributed by atoms with Crippen molar-refractivity contribution in [1.82, 2.24) is 0 Å². The molecular formula is C10H14O2. The highest BCUT2D eigenvalue weighted by Gasteiger charge is 2.00. The van der Waals surface area contributed by atoms with Gasteiger partial charge in [-0.2, -0.15) is 0 Å². The minimum atomic E-state index is -0.714. The molecule has 0 aromatic rings. The number of aliphatic carboxylic acids is 1. The summed E-state index contributed by atoms with van der Waals surface area (Å²) in [5.74, 6) is -0.714. The van der Waals surface area contributed by atoms with Crippen LogP contribution in [0.15, 0.2) is 23.8 Å². The van der Waals surface area contributed by atoms with Gasteiger partial charge in [-0.25, -0.2) is 0 Å². The molecule has 0 fully saturated rings. The number of rotatable bonds is 3. The van der Waals surface area contributed by atoms with E-state index in [2.05, 4.69) is 18.2 Å². The van der Waals surface area contributed by atoms with Gasteiger partial charge < -0.3 is 5.11 Å². The van der Waals surface area contributed by atoms with E-state index in [9.17, 15) is 4.79 Å². The van der Waals surface area contributed by atoms with E-state index in [4.69, 9.17) is 5.11 Å². The lowest BCUT2D eigenvalue weighted by Crippen LogP contribution is -1.94. The predicted molar refractivity (Wildman–Crippen MR) is 47.9 cm³/mol. The minimum absolute atomic E-state index is 0.246. The minimum Gasteiger partial charge on any atom is -0.481 e. The number of carboxylic acids is 1. The molecule has 0 aliphatic heterocycles. The molecule has 1 aliphatic carbocycles. The lowest BCUT2D eigenvalue weighted by atomic mass is 10.1. The van der Waals surface area contributed by atoms with Crippen molar-refractivity contribution in [2.24, 2.45) is 0 Å². The van der Waals surface area contributed by atoms with Crippen LogP contribution in [0.3, 0.4) is 0 Å². The second-order valence-electron chi connectivity index (χ2n) is 3.01. The molecule has 0 saturated carbocycles. The average Bonchev–Trinajstić information content (AvgIpc) is 2.28. The summed E-state index contributed by atoms with van der Waals surface area (Å²) in [5.41, 5.74) is 1.18. The van der Waals surface area contributed by atoms with E-state index < -0.39 is 5.97 Å². The van der Waals surface area contributed by atoms with E-state index >= 15 is 0 Å². The van der Waals surface area contributed by atoms with Gasteiger partial charge in [-0.3, -0.25) is 4.79 Å². The summed E-state index contributed by atoms with van der Waals surface area (Å²) in [6, 6.07) is 0. The number of hydrogen-bond donors (Lipinski definition) is 1. The van der Waals surface area contributed by atoms with Crippen molar-refractivity contribution in [3.63, 3.8) is 0 Å². The first kappa shape index (κ1) is 9.04. The Kier molecular flexibility index (Phi) is 3.58. The zero-order valence-corrected chi connectivity index (χ0v) is 7.12. The maximum absolute atomic E-state index is 10.3. The third-order valence-electron chi connectivity index (χ3n) is 1.94. The molecule has 0 atom stereocenters. The summed E-state index contributed by atoms with van der Waals surface area (Å²) < 4.78 is 0. The molecule has 0 radical (unpaired) electrons. The van der Waals surface area contributed by atoms with E-state index in [1.807, 2.05) is 0 Å². The van der Waals surface area contributed by atoms with Gasteiger partial charge in [-0.1, -0.05) is 23.8 Å². The van der Waals surface area contributed by atoms with E-state index in [-0.39, 0.29) is 6.42 Å². The Hall–Kier alpha value is -1.05. The average molecular weight is 166 g/mol. The first-order valence-corrected chi connectivity index (χ1v) is 4.36. The third kappa shape index (κ3) is 3.37. The predicted octanol–water partition coefficient (Wildman–Crippen LogP) is 2.52. The van der Waals surface area contributed by atoms with Crippen molar-refractivity contribution in [2.45, 2.75) is 32.1 Å². The second kappa shape index (κ2) is 4.75. The van der Waals surface area contributed by atoms with Crippen molar-refractivity contribution in [1.29, 1.82) is 0 Å². The number of allylic oxidation sites excluding steroid dienone is 4. The molecule has 1 aliphatic rings. The van der Waals surface area contributed by atoms with E-state index in [1.165, 1.54) is 12.0 Å². The Labute approximate surface area is 72.6 Å². The Bertz CT molecular complexity index is 214. The van der Waals surface area contributed by atoms with Gasteiger partial charge in [0.1, 0.15) is 0 Å². The molecule has 0 unspecified atom stereocenters. The van der Waals surface area contributed by atoms with Crippen molar-refractivity contribution in [3.8, 4) is 0 Å². The molecule has 0 aromatic heterocycles. The normalized spacial score (nSPS) is 16.8. The van der Waals surface area contributed by atoms with Crippen LogP contribution in [0.4, 0.5) is 0 Å². The molecular weight excluding hydrogens is 152 g/mol. The zero-order valence-electron chi connectivity index (χ0n) is 7.12. The summed E-state index contributed by atoms with van der Waals surface area (Å²) in [6.07, 6.45) is 10.6. The highest BCUT2D eigenvalue weighted by Crippen LogP contribution is 2.14. The Balaban J connectivity index is 2.38. The summed E-state index contributed by atoms with van der Waals surface area (Å²) in [7, 11) is 0. The maximum atomic E-state index is 10.3. The maximum Gasteiger partial charge on any atom is 0.303 e. The molecule has 2 nitrogen and oxygen atoms in total. The van der Waals surface area contributed by atoms with Crippen molar-refractivity contribution in [2.75, 3.05) is 0 Å². The van der Waals surface area contributed by atoms with E-state index in [0.29, 0.717) is 6.42 Å². The molecule has 12 heavy (non-hydrogen) atoms. The quantitative estimate of drug-likeness (QED) is 0.699. The first-order chi connectivity index (χ1) is 5.79. The lowest BCUT2D eigenvalue weighted by molar-refractivity contribution is -0.136. The van der Waals surface area contributed by atoms with Crippen LogP contribution in [0, 0.1) is 0 Å². The molecule has 1 N–H and O–H groups in total. The van der Waals surface area contributed by atoms with Crippen LogP contribution in [-0.4, -0.2) is 11.1 Å². The fourth-order valence-electron chi connectivity index (χ4n) is 1.26. The molecule has 0 spiro atoms. The van der Waals surface area contributed by atoms with Gasteiger partial charge in [0.25, 0.3) is 0 Å². The molecule has 0 bridgehead atoms. The van der Waals surface area contributed by atoms with Crippen LogP contribution in [0.1, 0.15) is 32.1 Å². The highest BCUT2D eigenvalue weighted by atomic mass is 16.4. The number of hydrogen-bond acceptors (Lipinski definition) is 1. The van der Waals surface area contributed by atoms with Crippen LogP contribution in [-0.2, 0) is 4.79 Å². The van der Waals surface area contributed by atoms with E-state index in [1.54, 1.807) is 0 Å². The molecule has 0 aromatic carbocycles. The lowest BCUT2D eigenvalue weighted by Gasteiger charge is -1.96. The Morgan fingerprint density at radius 2 is 2.33 bits per heavy atom. The van der Waals surface area contributed by atoms with Gasteiger partial charge in [-0.15, -0.1) is 0 Å². The van der Waals surface area contributed by atoms with Crippen molar-refractivity contribution in [3.05, 3.63) is 23.8 Å². The molecule has 0 saturated heterocycles. The fraction of sp³-hybridized carbons (Fsp3) is 0.500. The van der Waals surface area contributed by atoms with Gasteiger partial charge in [0.2, 0.25) is 0 Å². The topological polar surface area (TPSA) is 37.3 Å². The zero-order chi connectivity index (χ0) is 8.81. The second-order valence-corrected chi connectivity index (χ2v) is 3.01. The highest BCUT2D eigenvalue weighted by molar-refractivity contribution is 5.67. The van der Waals surface area contributed by atoms with Gasteiger partial charge in [-0.05, 0) is 25.7 Å². The van der Waals surface area contributed by atoms with Crippen molar-refractivity contribution < 1.29 is 9.90 Å². The monoisotopic (exact) mass is 166 g/mol. The summed E-state index contributed by atoms with van der Waals surface area (Å²) >= 11 is 0. The van der Waals surface area contributed by atoms with Gasteiger partial charge >= 0.3 is 5.97 Å². The third-order valence-corrected chi connectivity index (χ3v) is 1.94. The Morgan fingerprint density at radius 3 is 3.08 bits per heavy atom. The Morgan fingerprint density at radius 1 is 1.50 bits per heavy atom. The van der Waals surface area contributed by atoms with Gasteiger partial charge in [0.15, 0.2) is 0 Å². The fourth-order valence-corrected chi connectivity index (χ4v) is 1.26. The first-order valence-electron chi connectivity index (χ1n) is 4.36. The summed E-state index contributed by atoms with van der Waals surface area (Å²) in [6.45, 7) is 0. The standard InChI is InChI=1S/C10H14O2/c11-10(12)8-7-9-5-3-1-2-4-6-9/h3,5-6H,1-2,4,7-8H2,(H,11,12). The van der Waals surface area contributed by atoms with Crippen LogP contribution < -0.4 is 0 Å². The van der Waals surface area contributed by atoms with E-state index in [0.717, 1.165) is 12.8 Å². The van der Waals surface area contributed by atoms with Crippen LogP contribution in [0.2, 0.25) is 0 Å².